The highest BCUT2D eigenvalue weighted by Gasteiger charge is 2.22. The molecular formula is C11H11N3. The Balaban J connectivity index is 2.91. The van der Waals surface area contributed by atoms with Crippen molar-refractivity contribution in [3.63, 3.8) is 0 Å². The summed E-state index contributed by atoms with van der Waals surface area (Å²) in [5.74, 6) is 0. The van der Waals surface area contributed by atoms with Crippen LogP contribution in [0, 0.1) is 29.6 Å². The van der Waals surface area contributed by atoms with Gasteiger partial charge in [-0.1, -0.05) is 12.1 Å². The van der Waals surface area contributed by atoms with E-state index < -0.39 is 5.54 Å². The van der Waals surface area contributed by atoms with Crippen molar-refractivity contribution in [3.05, 3.63) is 29.8 Å². The Morgan fingerprint density at radius 2 is 1.93 bits per heavy atom. The summed E-state index contributed by atoms with van der Waals surface area (Å²) in [6.07, 6.45) is 0. The van der Waals surface area contributed by atoms with Crippen LogP contribution in [0.3, 0.4) is 0 Å². The minimum Gasteiger partial charge on any atom is -0.356 e. The molecule has 0 fully saturated rings. The molecule has 3 heteroatoms. The van der Waals surface area contributed by atoms with Crippen LogP contribution in [-0.4, -0.2) is 5.54 Å². The SMILES string of the molecule is Cc1cccc(NC(C)(C#N)C#N)c1. The number of nitrogens with one attached hydrogen (secondary N) is 1. The molecule has 0 atom stereocenters. The van der Waals surface area contributed by atoms with Gasteiger partial charge in [-0.25, -0.2) is 0 Å². The highest BCUT2D eigenvalue weighted by molar-refractivity contribution is 5.51. The average Bonchev–Trinajstić information content (AvgIpc) is 2.18. The fourth-order valence-corrected chi connectivity index (χ4v) is 1.09. The van der Waals surface area contributed by atoms with Gasteiger partial charge in [0.2, 0.25) is 5.54 Å². The fraction of sp³-hybridized carbons (Fsp3) is 0.273. The topological polar surface area (TPSA) is 59.6 Å². The summed E-state index contributed by atoms with van der Waals surface area (Å²) in [5.41, 5.74) is 0.720. The maximum absolute atomic E-state index is 8.78. The Hall–Kier alpha value is -2.00. The number of rotatable bonds is 2. The third-order valence-electron chi connectivity index (χ3n) is 1.86. The minimum absolute atomic E-state index is 0.788. The summed E-state index contributed by atoms with van der Waals surface area (Å²) < 4.78 is 0. The summed E-state index contributed by atoms with van der Waals surface area (Å²) in [6.45, 7) is 3.51. The van der Waals surface area contributed by atoms with Gasteiger partial charge < -0.3 is 5.32 Å². The van der Waals surface area contributed by atoms with Gasteiger partial charge in [-0.2, -0.15) is 10.5 Å². The summed E-state index contributed by atoms with van der Waals surface area (Å²) in [4.78, 5) is 0. The van der Waals surface area contributed by atoms with E-state index in [1.807, 2.05) is 43.3 Å². The van der Waals surface area contributed by atoms with E-state index in [1.54, 1.807) is 6.92 Å². The molecule has 70 valence electrons. The molecule has 1 aromatic carbocycles. The molecule has 0 aromatic heterocycles. The summed E-state index contributed by atoms with van der Waals surface area (Å²) >= 11 is 0. The molecule has 0 saturated heterocycles. The van der Waals surface area contributed by atoms with E-state index >= 15 is 0 Å². The van der Waals surface area contributed by atoms with Crippen molar-refractivity contribution in [2.75, 3.05) is 5.32 Å². The largest absolute Gasteiger partial charge is 0.356 e. The van der Waals surface area contributed by atoms with E-state index in [2.05, 4.69) is 5.32 Å². The first-order valence-corrected chi connectivity index (χ1v) is 4.27. The molecule has 0 spiro atoms. The normalized spacial score (nSPS) is 10.0. The van der Waals surface area contributed by atoms with Gasteiger partial charge in [-0.05, 0) is 31.5 Å². The van der Waals surface area contributed by atoms with E-state index in [0.29, 0.717) is 0 Å². The van der Waals surface area contributed by atoms with Crippen molar-refractivity contribution in [1.82, 2.24) is 0 Å². The predicted octanol–water partition coefficient (Wildman–Crippen LogP) is 2.21. The second kappa shape index (κ2) is 3.81. The summed E-state index contributed by atoms with van der Waals surface area (Å²) in [6, 6.07) is 11.4. The zero-order valence-corrected chi connectivity index (χ0v) is 8.20. The van der Waals surface area contributed by atoms with Crippen molar-refractivity contribution in [2.24, 2.45) is 0 Å². The molecule has 1 N–H and O–H groups in total. The van der Waals surface area contributed by atoms with Crippen molar-refractivity contribution < 1.29 is 0 Å². The monoisotopic (exact) mass is 185 g/mol. The Morgan fingerprint density at radius 3 is 2.43 bits per heavy atom. The lowest BCUT2D eigenvalue weighted by Gasteiger charge is -2.16. The second-order valence-corrected chi connectivity index (χ2v) is 3.34. The van der Waals surface area contributed by atoms with Gasteiger partial charge in [-0.15, -0.1) is 0 Å². The lowest BCUT2D eigenvalue weighted by molar-refractivity contribution is 0.831. The molecular weight excluding hydrogens is 174 g/mol. The van der Waals surface area contributed by atoms with E-state index in [-0.39, 0.29) is 0 Å². The lowest BCUT2D eigenvalue weighted by atomic mass is 10.1. The third-order valence-corrected chi connectivity index (χ3v) is 1.86. The van der Waals surface area contributed by atoms with Crippen LogP contribution in [-0.2, 0) is 0 Å². The molecule has 0 heterocycles. The van der Waals surface area contributed by atoms with Gasteiger partial charge in [0.1, 0.15) is 12.1 Å². The van der Waals surface area contributed by atoms with E-state index in [1.165, 1.54) is 0 Å². The first kappa shape index (κ1) is 10.1. The van der Waals surface area contributed by atoms with Crippen LogP contribution in [0.1, 0.15) is 12.5 Å². The maximum Gasteiger partial charge on any atom is 0.209 e. The zero-order valence-electron chi connectivity index (χ0n) is 8.20. The Morgan fingerprint density at radius 1 is 1.29 bits per heavy atom. The highest BCUT2D eigenvalue weighted by atomic mass is 15.0. The minimum atomic E-state index is -1.16. The van der Waals surface area contributed by atoms with Crippen LogP contribution in [0.5, 0.6) is 0 Å². The van der Waals surface area contributed by atoms with Crippen LogP contribution >= 0.6 is 0 Å². The molecule has 0 aliphatic rings. The number of anilines is 1. The van der Waals surface area contributed by atoms with Crippen LogP contribution in [0.15, 0.2) is 24.3 Å². The van der Waals surface area contributed by atoms with Gasteiger partial charge in [-0.3, -0.25) is 0 Å². The molecule has 1 rings (SSSR count). The second-order valence-electron chi connectivity index (χ2n) is 3.34. The zero-order chi connectivity index (χ0) is 10.6. The molecule has 0 aliphatic heterocycles. The summed E-state index contributed by atoms with van der Waals surface area (Å²) in [7, 11) is 0. The number of aryl methyl sites for hydroxylation is 1. The number of nitrogens with zero attached hydrogens (tertiary/aromatic N) is 2. The average molecular weight is 185 g/mol. The lowest BCUT2D eigenvalue weighted by Crippen LogP contribution is -2.30. The van der Waals surface area contributed by atoms with Crippen LogP contribution in [0.25, 0.3) is 0 Å². The van der Waals surface area contributed by atoms with Gasteiger partial charge in [0.05, 0.1) is 0 Å². The molecule has 0 amide bonds. The molecule has 0 bridgehead atoms. The standard InChI is InChI=1S/C11H11N3/c1-9-4-3-5-10(6-9)14-11(2,7-12)8-13/h3-6,14H,1-2H3. The smallest absolute Gasteiger partial charge is 0.209 e. The molecule has 0 unspecified atom stereocenters. The van der Waals surface area contributed by atoms with Crippen molar-refractivity contribution in [1.29, 1.82) is 10.5 Å². The molecule has 0 saturated carbocycles. The Bertz CT molecular complexity index is 395. The van der Waals surface area contributed by atoms with Gasteiger partial charge in [0, 0.05) is 5.69 Å². The van der Waals surface area contributed by atoms with Crippen molar-refractivity contribution in [2.45, 2.75) is 19.4 Å². The van der Waals surface area contributed by atoms with Crippen molar-refractivity contribution >= 4 is 5.69 Å². The third kappa shape index (κ3) is 2.24. The summed E-state index contributed by atoms with van der Waals surface area (Å²) in [5, 5.41) is 20.4. The first-order valence-electron chi connectivity index (χ1n) is 4.27. The van der Waals surface area contributed by atoms with Gasteiger partial charge in [0.25, 0.3) is 0 Å². The van der Waals surface area contributed by atoms with E-state index in [4.69, 9.17) is 10.5 Å². The number of benzene rings is 1. The predicted molar refractivity (Wildman–Crippen MR) is 54.4 cm³/mol. The highest BCUT2D eigenvalue weighted by Crippen LogP contribution is 2.15. The molecule has 1 aromatic rings. The van der Waals surface area contributed by atoms with E-state index in [9.17, 15) is 0 Å². The number of nitriles is 2. The van der Waals surface area contributed by atoms with E-state index in [0.717, 1.165) is 11.3 Å². The molecule has 0 radical (unpaired) electrons. The van der Waals surface area contributed by atoms with Crippen molar-refractivity contribution in [3.8, 4) is 12.1 Å². The number of hydrogen-bond acceptors (Lipinski definition) is 3. The first-order chi connectivity index (χ1) is 6.59. The van der Waals surface area contributed by atoms with Crippen LogP contribution < -0.4 is 5.32 Å². The van der Waals surface area contributed by atoms with Gasteiger partial charge >= 0.3 is 0 Å². The Kier molecular flexibility index (Phi) is 2.74. The fourth-order valence-electron chi connectivity index (χ4n) is 1.09. The van der Waals surface area contributed by atoms with Crippen LogP contribution in [0.2, 0.25) is 0 Å². The number of hydrogen-bond donors (Lipinski definition) is 1. The molecule has 0 aliphatic carbocycles. The Labute approximate surface area is 83.6 Å². The molecule has 14 heavy (non-hydrogen) atoms. The van der Waals surface area contributed by atoms with Crippen LogP contribution in [0.4, 0.5) is 5.69 Å². The molecule has 3 nitrogen and oxygen atoms in total. The van der Waals surface area contributed by atoms with Gasteiger partial charge in [0.15, 0.2) is 0 Å². The quantitative estimate of drug-likeness (QED) is 0.768. The maximum atomic E-state index is 8.78.